The van der Waals surface area contributed by atoms with Crippen LogP contribution in [-0.2, 0) is 4.79 Å². The molecule has 2 N–H and O–H groups in total. The van der Waals surface area contributed by atoms with Crippen molar-refractivity contribution >= 4 is 52.1 Å². The minimum atomic E-state index is -0.164. The number of benzene rings is 2. The van der Waals surface area contributed by atoms with Gasteiger partial charge in [-0.3, -0.25) is 4.79 Å². The molecule has 0 saturated carbocycles. The number of thiocarbonyl (C=S) groups is 1. The molecular formula is C21H24Cl2N2O2S. The van der Waals surface area contributed by atoms with E-state index in [0.717, 1.165) is 16.8 Å². The van der Waals surface area contributed by atoms with E-state index in [1.165, 1.54) is 0 Å². The highest BCUT2D eigenvalue weighted by molar-refractivity contribution is 7.80. The topological polar surface area (TPSA) is 50.4 Å². The van der Waals surface area contributed by atoms with E-state index in [2.05, 4.69) is 30.5 Å². The van der Waals surface area contributed by atoms with Crippen LogP contribution in [0.4, 0.5) is 5.69 Å². The minimum absolute atomic E-state index is 0.164. The van der Waals surface area contributed by atoms with Gasteiger partial charge in [0.2, 0.25) is 5.91 Å². The van der Waals surface area contributed by atoms with E-state index in [-0.39, 0.29) is 12.3 Å². The lowest BCUT2D eigenvalue weighted by molar-refractivity contribution is -0.119. The van der Waals surface area contributed by atoms with Gasteiger partial charge in [0, 0.05) is 17.1 Å². The zero-order chi connectivity index (χ0) is 20.7. The lowest BCUT2D eigenvalue weighted by Crippen LogP contribution is -2.34. The number of carbonyl (C=O) groups excluding carboxylic acids is 1. The van der Waals surface area contributed by atoms with Crippen molar-refractivity contribution in [3.8, 4) is 5.75 Å². The molecule has 0 atom stereocenters. The molecule has 0 heterocycles. The fraction of sp³-hybridized carbons (Fsp3) is 0.333. The monoisotopic (exact) mass is 438 g/mol. The molecule has 150 valence electrons. The quantitative estimate of drug-likeness (QED) is 0.405. The van der Waals surface area contributed by atoms with Crippen molar-refractivity contribution in [3.05, 3.63) is 57.6 Å². The van der Waals surface area contributed by atoms with Gasteiger partial charge in [0.1, 0.15) is 5.75 Å². The number of rotatable bonds is 7. The van der Waals surface area contributed by atoms with E-state index in [1.807, 2.05) is 19.1 Å². The molecule has 0 fully saturated rings. The second kappa shape index (κ2) is 10.6. The second-order valence-corrected chi connectivity index (χ2v) is 7.97. The molecule has 0 bridgehead atoms. The summed E-state index contributed by atoms with van der Waals surface area (Å²) >= 11 is 17.2. The van der Waals surface area contributed by atoms with Crippen LogP contribution < -0.4 is 15.4 Å². The number of para-hydroxylation sites is 1. The molecule has 0 spiro atoms. The number of anilines is 1. The Balaban J connectivity index is 1.79. The lowest BCUT2D eigenvalue weighted by atomic mass is 9.98. The first-order chi connectivity index (χ1) is 13.3. The fourth-order valence-corrected chi connectivity index (χ4v) is 3.36. The summed E-state index contributed by atoms with van der Waals surface area (Å²) < 4.78 is 5.58. The number of amides is 1. The van der Waals surface area contributed by atoms with Crippen molar-refractivity contribution < 1.29 is 9.53 Å². The molecule has 2 aromatic rings. The number of hydrogen-bond donors (Lipinski definition) is 2. The third-order valence-electron chi connectivity index (χ3n) is 4.12. The summed E-state index contributed by atoms with van der Waals surface area (Å²) in [5, 5.41) is 7.17. The lowest BCUT2D eigenvalue weighted by Gasteiger charge is -2.18. The summed E-state index contributed by atoms with van der Waals surface area (Å²) in [5.41, 5.74) is 3.18. The molecule has 2 aromatic carbocycles. The number of nitrogens with one attached hydrogen (secondary N) is 2. The van der Waals surface area contributed by atoms with Crippen molar-refractivity contribution in [2.75, 3.05) is 11.9 Å². The van der Waals surface area contributed by atoms with Gasteiger partial charge in [0.05, 0.1) is 11.6 Å². The van der Waals surface area contributed by atoms with Gasteiger partial charge >= 0.3 is 0 Å². The van der Waals surface area contributed by atoms with Crippen LogP contribution in [-0.4, -0.2) is 17.6 Å². The third kappa shape index (κ3) is 6.66. The largest absolute Gasteiger partial charge is 0.492 e. The standard InChI is InChI=1S/C21H24Cl2N2O2S/c1-13(2)16-7-4-6-14(3)20(16)25-21(28)24-19(26)8-5-11-27-18-10-9-15(22)12-17(18)23/h4,6-7,9-10,12-13H,5,8,11H2,1-3H3,(H2,24,25,26,28). The van der Waals surface area contributed by atoms with E-state index < -0.39 is 0 Å². The van der Waals surface area contributed by atoms with Crippen LogP contribution in [0.1, 0.15) is 43.7 Å². The number of hydrogen-bond acceptors (Lipinski definition) is 3. The Bertz CT molecular complexity index is 856. The van der Waals surface area contributed by atoms with Gasteiger partial charge in [-0.2, -0.15) is 0 Å². The van der Waals surface area contributed by atoms with Gasteiger partial charge in [-0.1, -0.05) is 55.2 Å². The maximum absolute atomic E-state index is 12.1. The predicted octanol–water partition coefficient (Wildman–Crippen LogP) is 6.10. The Morgan fingerprint density at radius 3 is 2.64 bits per heavy atom. The first-order valence-corrected chi connectivity index (χ1v) is 10.2. The van der Waals surface area contributed by atoms with E-state index in [1.54, 1.807) is 18.2 Å². The normalized spacial score (nSPS) is 10.6. The zero-order valence-corrected chi connectivity index (χ0v) is 18.5. The van der Waals surface area contributed by atoms with E-state index in [4.69, 9.17) is 40.2 Å². The molecule has 28 heavy (non-hydrogen) atoms. The summed E-state index contributed by atoms with van der Waals surface area (Å²) in [6.45, 7) is 6.62. The summed E-state index contributed by atoms with van der Waals surface area (Å²) in [6, 6.07) is 11.1. The van der Waals surface area contributed by atoms with Gasteiger partial charge in [-0.15, -0.1) is 0 Å². The predicted molar refractivity (Wildman–Crippen MR) is 121 cm³/mol. The van der Waals surface area contributed by atoms with Crippen LogP contribution >= 0.6 is 35.4 Å². The molecule has 0 aromatic heterocycles. The second-order valence-electron chi connectivity index (χ2n) is 6.72. The molecule has 0 aliphatic heterocycles. The highest BCUT2D eigenvalue weighted by Gasteiger charge is 2.12. The van der Waals surface area contributed by atoms with Gasteiger partial charge in [0.15, 0.2) is 5.11 Å². The Morgan fingerprint density at radius 2 is 1.96 bits per heavy atom. The summed E-state index contributed by atoms with van der Waals surface area (Å²) in [6.07, 6.45) is 0.826. The van der Waals surface area contributed by atoms with Crippen LogP contribution in [0, 0.1) is 6.92 Å². The highest BCUT2D eigenvalue weighted by atomic mass is 35.5. The molecule has 4 nitrogen and oxygen atoms in total. The maximum Gasteiger partial charge on any atom is 0.226 e. The van der Waals surface area contributed by atoms with Gasteiger partial charge in [-0.05, 0) is 60.8 Å². The number of ether oxygens (including phenoxy) is 1. The van der Waals surface area contributed by atoms with Crippen LogP contribution in [0.3, 0.4) is 0 Å². The Morgan fingerprint density at radius 1 is 1.21 bits per heavy atom. The van der Waals surface area contributed by atoms with Gasteiger partial charge in [0.25, 0.3) is 0 Å². The number of halogens is 2. The van der Waals surface area contributed by atoms with Crippen LogP contribution in [0.2, 0.25) is 10.0 Å². The van der Waals surface area contributed by atoms with Crippen LogP contribution in [0.25, 0.3) is 0 Å². The molecule has 0 aliphatic carbocycles. The average Bonchev–Trinajstić information content (AvgIpc) is 2.61. The van der Waals surface area contributed by atoms with Gasteiger partial charge in [-0.25, -0.2) is 0 Å². The molecule has 1 amide bonds. The Hall–Kier alpha value is -1.82. The first-order valence-electron chi connectivity index (χ1n) is 9.06. The van der Waals surface area contributed by atoms with Crippen LogP contribution in [0.15, 0.2) is 36.4 Å². The first kappa shape index (κ1) is 22.5. The SMILES string of the molecule is Cc1cccc(C(C)C)c1NC(=S)NC(=O)CCCOc1ccc(Cl)cc1Cl. The maximum atomic E-state index is 12.1. The average molecular weight is 439 g/mol. The molecule has 0 saturated heterocycles. The molecular weight excluding hydrogens is 415 g/mol. The van der Waals surface area contributed by atoms with Crippen molar-refractivity contribution in [1.29, 1.82) is 0 Å². The summed E-state index contributed by atoms with van der Waals surface area (Å²) in [7, 11) is 0. The fourth-order valence-electron chi connectivity index (χ4n) is 2.68. The van der Waals surface area contributed by atoms with Crippen LogP contribution in [0.5, 0.6) is 5.75 Å². The summed E-state index contributed by atoms with van der Waals surface area (Å²) in [4.78, 5) is 12.1. The zero-order valence-electron chi connectivity index (χ0n) is 16.1. The molecule has 7 heteroatoms. The van der Waals surface area contributed by atoms with E-state index >= 15 is 0 Å². The Labute approximate surface area is 181 Å². The van der Waals surface area contributed by atoms with E-state index in [0.29, 0.717) is 39.9 Å². The number of carbonyl (C=O) groups is 1. The number of aryl methyl sites for hydroxylation is 1. The molecule has 2 rings (SSSR count). The summed E-state index contributed by atoms with van der Waals surface area (Å²) in [5.74, 6) is 0.727. The van der Waals surface area contributed by atoms with E-state index in [9.17, 15) is 4.79 Å². The smallest absolute Gasteiger partial charge is 0.226 e. The van der Waals surface area contributed by atoms with Crippen molar-refractivity contribution in [3.63, 3.8) is 0 Å². The van der Waals surface area contributed by atoms with Crippen molar-refractivity contribution in [2.45, 2.75) is 39.5 Å². The molecule has 0 unspecified atom stereocenters. The third-order valence-corrected chi connectivity index (χ3v) is 4.85. The van der Waals surface area contributed by atoms with Crippen molar-refractivity contribution in [2.24, 2.45) is 0 Å². The van der Waals surface area contributed by atoms with Gasteiger partial charge < -0.3 is 15.4 Å². The highest BCUT2D eigenvalue weighted by Crippen LogP contribution is 2.28. The Kier molecular flexibility index (Phi) is 8.55. The molecule has 0 radical (unpaired) electrons. The van der Waals surface area contributed by atoms with Crippen molar-refractivity contribution in [1.82, 2.24) is 5.32 Å². The minimum Gasteiger partial charge on any atom is -0.492 e. The molecule has 0 aliphatic rings.